The zero-order valence-corrected chi connectivity index (χ0v) is 13.9. The normalized spacial score (nSPS) is 13.6. The van der Waals surface area contributed by atoms with Crippen LogP contribution in [0.4, 0.5) is 0 Å². The van der Waals surface area contributed by atoms with Gasteiger partial charge in [-0.2, -0.15) is 0 Å². The lowest BCUT2D eigenvalue weighted by atomic mass is 10.0. The van der Waals surface area contributed by atoms with Crippen molar-refractivity contribution in [3.63, 3.8) is 0 Å². The molecule has 3 aromatic rings. The van der Waals surface area contributed by atoms with E-state index in [1.54, 1.807) is 6.92 Å². The minimum absolute atomic E-state index is 0.0947. The first-order valence-corrected chi connectivity index (χ1v) is 7.98. The van der Waals surface area contributed by atoms with E-state index in [4.69, 9.17) is 4.42 Å². The van der Waals surface area contributed by atoms with E-state index in [1.165, 1.54) is 0 Å². The number of carbonyl (C=O) groups excluding carboxylic acids is 1. The smallest absolute Gasteiger partial charge is 0.224 e. The Balaban J connectivity index is 1.64. The van der Waals surface area contributed by atoms with E-state index in [9.17, 15) is 9.90 Å². The average molecular weight is 323 g/mol. The summed E-state index contributed by atoms with van der Waals surface area (Å²) in [7, 11) is 0. The summed E-state index contributed by atoms with van der Waals surface area (Å²) in [6.45, 7) is 3.73. The highest BCUT2D eigenvalue weighted by Gasteiger charge is 2.28. The van der Waals surface area contributed by atoms with Gasteiger partial charge in [0.15, 0.2) is 0 Å². The Labute approximate surface area is 141 Å². The second-order valence-corrected chi connectivity index (χ2v) is 6.36. The third-order valence-electron chi connectivity index (χ3n) is 4.03. The highest BCUT2D eigenvalue weighted by Crippen LogP contribution is 2.27. The van der Waals surface area contributed by atoms with Gasteiger partial charge in [0, 0.05) is 5.39 Å². The van der Waals surface area contributed by atoms with Crippen LogP contribution >= 0.6 is 0 Å². The van der Waals surface area contributed by atoms with E-state index in [0.29, 0.717) is 5.76 Å². The minimum Gasteiger partial charge on any atom is -0.458 e. The van der Waals surface area contributed by atoms with Gasteiger partial charge in [0.1, 0.15) is 16.9 Å². The molecule has 0 saturated heterocycles. The second kappa shape index (κ2) is 6.49. The van der Waals surface area contributed by atoms with Crippen LogP contribution < -0.4 is 5.32 Å². The number of aryl methyl sites for hydroxylation is 1. The number of hydrogen-bond acceptors (Lipinski definition) is 3. The minimum atomic E-state index is -1.26. The van der Waals surface area contributed by atoms with Crippen molar-refractivity contribution in [3.8, 4) is 0 Å². The highest BCUT2D eigenvalue weighted by atomic mass is 16.4. The molecule has 1 heterocycles. The maximum Gasteiger partial charge on any atom is 0.224 e. The Morgan fingerprint density at radius 3 is 2.71 bits per heavy atom. The van der Waals surface area contributed by atoms with Crippen molar-refractivity contribution in [2.24, 2.45) is 0 Å². The van der Waals surface area contributed by atoms with Crippen LogP contribution in [0.5, 0.6) is 0 Å². The predicted octanol–water partition coefficient (Wildman–Crippen LogP) is 3.31. The Morgan fingerprint density at radius 2 is 1.96 bits per heavy atom. The molecule has 1 amide bonds. The van der Waals surface area contributed by atoms with Crippen molar-refractivity contribution in [2.75, 3.05) is 6.54 Å². The van der Waals surface area contributed by atoms with Gasteiger partial charge in [-0.3, -0.25) is 4.79 Å². The fourth-order valence-corrected chi connectivity index (χ4v) is 2.68. The first-order valence-electron chi connectivity index (χ1n) is 7.98. The fraction of sp³-hybridized carbons (Fsp3) is 0.250. The highest BCUT2D eigenvalue weighted by molar-refractivity contribution is 5.79. The first kappa shape index (κ1) is 16.3. The summed E-state index contributed by atoms with van der Waals surface area (Å²) in [5.41, 5.74) is 1.53. The number of hydrogen-bond donors (Lipinski definition) is 2. The molecule has 3 rings (SSSR count). The number of amides is 1. The molecule has 0 spiro atoms. The monoisotopic (exact) mass is 323 g/mol. The number of rotatable bonds is 5. The fourth-order valence-electron chi connectivity index (χ4n) is 2.68. The molecule has 2 N–H and O–H groups in total. The molecule has 124 valence electrons. The van der Waals surface area contributed by atoms with Crippen LogP contribution in [0.1, 0.15) is 23.8 Å². The van der Waals surface area contributed by atoms with Crippen molar-refractivity contribution in [2.45, 2.75) is 25.9 Å². The number of carbonyl (C=O) groups is 1. The molecule has 0 aliphatic heterocycles. The summed E-state index contributed by atoms with van der Waals surface area (Å²) in [6.07, 6.45) is 0.290. The SMILES string of the molecule is Cc1cccc(CC(=O)NCC(C)(O)c2cc3ccccc3o2)c1. The molecule has 0 aliphatic carbocycles. The molecule has 0 bridgehead atoms. The van der Waals surface area contributed by atoms with Gasteiger partial charge in [-0.15, -0.1) is 0 Å². The molecular weight excluding hydrogens is 302 g/mol. The number of furan rings is 1. The van der Waals surface area contributed by atoms with Crippen LogP contribution in [-0.2, 0) is 16.8 Å². The van der Waals surface area contributed by atoms with Gasteiger partial charge in [0.2, 0.25) is 5.91 Å². The van der Waals surface area contributed by atoms with E-state index in [0.717, 1.165) is 22.1 Å². The van der Waals surface area contributed by atoms with Crippen molar-refractivity contribution < 1.29 is 14.3 Å². The number of nitrogens with one attached hydrogen (secondary N) is 1. The summed E-state index contributed by atoms with van der Waals surface area (Å²) in [5, 5.41) is 14.4. The quantitative estimate of drug-likeness (QED) is 0.757. The molecule has 1 atom stereocenters. The van der Waals surface area contributed by atoms with E-state index in [1.807, 2.05) is 61.5 Å². The lowest BCUT2D eigenvalue weighted by Crippen LogP contribution is -2.39. The number of para-hydroxylation sites is 1. The summed E-state index contributed by atoms with van der Waals surface area (Å²) in [4.78, 5) is 12.1. The largest absolute Gasteiger partial charge is 0.458 e. The number of fused-ring (bicyclic) bond motifs is 1. The van der Waals surface area contributed by atoms with Gasteiger partial charge in [0.05, 0.1) is 13.0 Å². The van der Waals surface area contributed by atoms with Gasteiger partial charge in [-0.25, -0.2) is 0 Å². The summed E-state index contributed by atoms with van der Waals surface area (Å²) < 4.78 is 5.70. The molecular formula is C20H21NO3. The summed E-state index contributed by atoms with van der Waals surface area (Å²) in [6, 6.07) is 17.2. The lowest BCUT2D eigenvalue weighted by Gasteiger charge is -2.21. The predicted molar refractivity (Wildman–Crippen MR) is 93.7 cm³/mol. The topological polar surface area (TPSA) is 62.5 Å². The molecule has 4 nitrogen and oxygen atoms in total. The van der Waals surface area contributed by atoms with Gasteiger partial charge >= 0.3 is 0 Å². The zero-order chi connectivity index (χ0) is 17.2. The maximum absolute atomic E-state index is 12.1. The summed E-state index contributed by atoms with van der Waals surface area (Å²) in [5.74, 6) is 0.316. The third-order valence-corrected chi connectivity index (χ3v) is 4.03. The van der Waals surface area contributed by atoms with Crippen molar-refractivity contribution in [1.29, 1.82) is 0 Å². The van der Waals surface area contributed by atoms with Gasteiger partial charge in [-0.1, -0.05) is 48.0 Å². The van der Waals surface area contributed by atoms with Crippen molar-refractivity contribution in [1.82, 2.24) is 5.32 Å². The Morgan fingerprint density at radius 1 is 1.17 bits per heavy atom. The second-order valence-electron chi connectivity index (χ2n) is 6.36. The lowest BCUT2D eigenvalue weighted by molar-refractivity contribution is -0.121. The maximum atomic E-state index is 12.1. The molecule has 0 radical (unpaired) electrons. The Bertz CT molecular complexity index is 831. The zero-order valence-electron chi connectivity index (χ0n) is 13.9. The van der Waals surface area contributed by atoms with Crippen LogP contribution in [0.15, 0.2) is 59.0 Å². The van der Waals surface area contributed by atoms with Crippen LogP contribution in [0.3, 0.4) is 0 Å². The van der Waals surface area contributed by atoms with E-state index < -0.39 is 5.60 Å². The molecule has 1 aromatic heterocycles. The van der Waals surface area contributed by atoms with Crippen LogP contribution in [0.2, 0.25) is 0 Å². The standard InChI is InChI=1S/C20H21NO3/c1-14-6-5-7-15(10-14)11-19(22)21-13-20(2,23)18-12-16-8-3-4-9-17(16)24-18/h3-10,12,23H,11,13H2,1-2H3,(H,21,22). The van der Waals surface area contributed by atoms with Crippen LogP contribution in [0, 0.1) is 6.92 Å². The summed E-state index contributed by atoms with van der Waals surface area (Å²) >= 11 is 0. The first-order chi connectivity index (χ1) is 11.4. The van der Waals surface area contributed by atoms with Crippen molar-refractivity contribution in [3.05, 3.63) is 71.5 Å². The average Bonchev–Trinajstić information content (AvgIpc) is 2.98. The molecule has 24 heavy (non-hydrogen) atoms. The molecule has 4 heteroatoms. The van der Waals surface area contributed by atoms with Gasteiger partial charge in [-0.05, 0) is 31.5 Å². The van der Waals surface area contributed by atoms with E-state index in [2.05, 4.69) is 5.32 Å². The molecule has 0 aliphatic rings. The Hall–Kier alpha value is -2.59. The van der Waals surface area contributed by atoms with E-state index >= 15 is 0 Å². The van der Waals surface area contributed by atoms with Gasteiger partial charge in [0.25, 0.3) is 0 Å². The third kappa shape index (κ3) is 3.66. The van der Waals surface area contributed by atoms with E-state index in [-0.39, 0.29) is 18.9 Å². The number of aliphatic hydroxyl groups is 1. The molecule has 0 saturated carbocycles. The molecule has 0 fully saturated rings. The van der Waals surface area contributed by atoms with Crippen molar-refractivity contribution >= 4 is 16.9 Å². The molecule has 2 aromatic carbocycles. The number of benzene rings is 2. The van der Waals surface area contributed by atoms with Crippen LogP contribution in [0.25, 0.3) is 11.0 Å². The Kier molecular flexibility index (Phi) is 4.40. The molecule has 1 unspecified atom stereocenters. The van der Waals surface area contributed by atoms with Crippen LogP contribution in [-0.4, -0.2) is 17.6 Å². The van der Waals surface area contributed by atoms with Gasteiger partial charge < -0.3 is 14.8 Å².